The first-order valence-corrected chi connectivity index (χ1v) is 9.47. The average molecular weight is 330 g/mol. The van der Waals surface area contributed by atoms with E-state index in [1.807, 2.05) is 31.5 Å². The van der Waals surface area contributed by atoms with Crippen molar-refractivity contribution in [1.29, 1.82) is 0 Å². The predicted octanol–water partition coefficient (Wildman–Crippen LogP) is 2.36. The van der Waals surface area contributed by atoms with Crippen molar-refractivity contribution in [2.24, 2.45) is 0 Å². The zero-order chi connectivity index (χ0) is 14.6. The fourth-order valence-corrected chi connectivity index (χ4v) is 5.03. The van der Waals surface area contributed by atoms with Gasteiger partial charge in [0, 0.05) is 16.3 Å². The second-order valence-electron chi connectivity index (χ2n) is 4.43. The third kappa shape index (κ3) is 3.89. The molecule has 0 aliphatic rings. The first-order chi connectivity index (χ1) is 9.53. The van der Waals surface area contributed by atoms with E-state index in [4.69, 9.17) is 0 Å². The van der Waals surface area contributed by atoms with Gasteiger partial charge in [0.15, 0.2) is 0 Å². The van der Waals surface area contributed by atoms with Gasteiger partial charge in [0.2, 0.25) is 10.0 Å². The Morgan fingerprint density at radius 3 is 2.70 bits per heavy atom. The summed E-state index contributed by atoms with van der Waals surface area (Å²) in [5, 5.41) is 5.03. The second kappa shape index (κ2) is 6.82. The molecule has 0 atom stereocenters. The lowest BCUT2D eigenvalue weighted by atomic mass is 10.3. The molecule has 0 saturated carbocycles. The number of thiophene rings is 2. The van der Waals surface area contributed by atoms with Crippen LogP contribution in [-0.2, 0) is 23.0 Å². The minimum absolute atomic E-state index is 0.357. The van der Waals surface area contributed by atoms with Gasteiger partial charge in [-0.25, -0.2) is 13.1 Å². The number of hydrogen-bond acceptors (Lipinski definition) is 5. The van der Waals surface area contributed by atoms with Crippen molar-refractivity contribution in [3.05, 3.63) is 38.9 Å². The normalized spacial score (nSPS) is 11.9. The topological polar surface area (TPSA) is 58.2 Å². The van der Waals surface area contributed by atoms with E-state index in [0.29, 0.717) is 10.8 Å². The summed E-state index contributed by atoms with van der Waals surface area (Å²) in [7, 11) is -1.52. The van der Waals surface area contributed by atoms with Crippen LogP contribution in [0.4, 0.5) is 0 Å². The van der Waals surface area contributed by atoms with Gasteiger partial charge in [-0.1, -0.05) is 0 Å². The fourth-order valence-electron chi connectivity index (χ4n) is 1.70. The molecular formula is C13H18N2O2S3. The van der Waals surface area contributed by atoms with Crippen LogP contribution in [-0.4, -0.2) is 22.0 Å². The third-order valence-electron chi connectivity index (χ3n) is 2.91. The number of rotatable bonds is 7. The second-order valence-corrected chi connectivity index (χ2v) is 8.59. The Bertz CT molecular complexity index is 659. The molecule has 20 heavy (non-hydrogen) atoms. The summed E-state index contributed by atoms with van der Waals surface area (Å²) in [6.45, 7) is 3.19. The van der Waals surface area contributed by atoms with E-state index in [-0.39, 0.29) is 0 Å². The van der Waals surface area contributed by atoms with E-state index in [0.717, 1.165) is 28.3 Å². The average Bonchev–Trinajstić information content (AvgIpc) is 3.03. The van der Waals surface area contributed by atoms with Gasteiger partial charge >= 0.3 is 0 Å². The Morgan fingerprint density at radius 2 is 2.05 bits per heavy atom. The minimum Gasteiger partial charge on any atom is -0.319 e. The molecule has 2 aromatic heterocycles. The molecule has 0 aliphatic carbocycles. The molecule has 0 spiro atoms. The molecule has 0 fully saturated rings. The highest BCUT2D eigenvalue weighted by molar-refractivity contribution is 7.91. The molecular weight excluding hydrogens is 312 g/mol. The molecule has 4 nitrogen and oxygen atoms in total. The highest BCUT2D eigenvalue weighted by Crippen LogP contribution is 2.23. The van der Waals surface area contributed by atoms with Gasteiger partial charge in [-0.3, -0.25) is 0 Å². The molecule has 0 saturated heterocycles. The highest BCUT2D eigenvalue weighted by Gasteiger charge is 2.17. The van der Waals surface area contributed by atoms with E-state index in [1.165, 1.54) is 11.3 Å². The zero-order valence-corrected chi connectivity index (χ0v) is 13.9. The lowest BCUT2D eigenvalue weighted by Gasteiger charge is -2.04. The van der Waals surface area contributed by atoms with Crippen LogP contribution in [0, 0.1) is 6.92 Å². The largest absolute Gasteiger partial charge is 0.319 e. The molecule has 2 heterocycles. The first kappa shape index (κ1) is 15.7. The van der Waals surface area contributed by atoms with Gasteiger partial charge < -0.3 is 5.32 Å². The molecule has 2 N–H and O–H groups in total. The smallest absolute Gasteiger partial charge is 0.250 e. The molecule has 2 aromatic rings. The standard InChI is InChI=1S/C13H18N2O2S3/c1-10-6-8-18-12(10)9-15-20(16,17)13-4-3-11(19-13)5-7-14-2/h3-4,6,8,14-15H,5,7,9H2,1-2H3. The summed E-state index contributed by atoms with van der Waals surface area (Å²) in [5.74, 6) is 0. The molecule has 0 amide bonds. The van der Waals surface area contributed by atoms with Crippen LogP contribution in [0.2, 0.25) is 0 Å². The molecule has 0 aromatic carbocycles. The zero-order valence-electron chi connectivity index (χ0n) is 11.5. The van der Waals surface area contributed by atoms with Crippen LogP contribution in [0.5, 0.6) is 0 Å². The monoisotopic (exact) mass is 330 g/mol. The lowest BCUT2D eigenvalue weighted by molar-refractivity contribution is 0.584. The van der Waals surface area contributed by atoms with Crippen molar-refractivity contribution in [2.45, 2.75) is 24.1 Å². The molecule has 110 valence electrons. The van der Waals surface area contributed by atoms with Crippen molar-refractivity contribution in [3.63, 3.8) is 0 Å². The van der Waals surface area contributed by atoms with Crippen molar-refractivity contribution < 1.29 is 8.42 Å². The number of aryl methyl sites for hydroxylation is 1. The Balaban J connectivity index is 2.03. The summed E-state index contributed by atoms with van der Waals surface area (Å²) >= 11 is 2.90. The Morgan fingerprint density at radius 1 is 1.25 bits per heavy atom. The van der Waals surface area contributed by atoms with Gasteiger partial charge in [-0.15, -0.1) is 22.7 Å². The van der Waals surface area contributed by atoms with Crippen LogP contribution in [0.15, 0.2) is 27.8 Å². The van der Waals surface area contributed by atoms with Crippen LogP contribution < -0.4 is 10.0 Å². The maximum atomic E-state index is 12.2. The van der Waals surface area contributed by atoms with E-state index in [2.05, 4.69) is 10.0 Å². The van der Waals surface area contributed by atoms with Crippen molar-refractivity contribution in [1.82, 2.24) is 10.0 Å². The Kier molecular flexibility index (Phi) is 5.34. The summed E-state index contributed by atoms with van der Waals surface area (Å²) in [5.41, 5.74) is 1.12. The van der Waals surface area contributed by atoms with Gasteiger partial charge in [-0.2, -0.15) is 0 Å². The molecule has 2 rings (SSSR count). The number of hydrogen-bond donors (Lipinski definition) is 2. The van der Waals surface area contributed by atoms with Crippen LogP contribution in [0.3, 0.4) is 0 Å². The lowest BCUT2D eigenvalue weighted by Crippen LogP contribution is -2.22. The number of likely N-dealkylation sites (N-methyl/N-ethyl adjacent to an activating group) is 1. The molecule has 0 radical (unpaired) electrons. The molecule has 0 unspecified atom stereocenters. The Labute approximate surface area is 127 Å². The number of nitrogens with one attached hydrogen (secondary N) is 2. The van der Waals surface area contributed by atoms with Crippen LogP contribution in [0.1, 0.15) is 15.3 Å². The highest BCUT2D eigenvalue weighted by atomic mass is 32.2. The van der Waals surface area contributed by atoms with Crippen molar-refractivity contribution in [3.8, 4) is 0 Å². The van der Waals surface area contributed by atoms with E-state index >= 15 is 0 Å². The van der Waals surface area contributed by atoms with Crippen molar-refractivity contribution >= 4 is 32.7 Å². The van der Waals surface area contributed by atoms with Gasteiger partial charge in [-0.05, 0) is 56.1 Å². The third-order valence-corrected chi connectivity index (χ3v) is 6.98. The molecule has 0 aliphatic heterocycles. The first-order valence-electron chi connectivity index (χ1n) is 6.29. The van der Waals surface area contributed by atoms with E-state index in [1.54, 1.807) is 17.4 Å². The minimum atomic E-state index is -3.40. The van der Waals surface area contributed by atoms with E-state index < -0.39 is 10.0 Å². The maximum Gasteiger partial charge on any atom is 0.250 e. The molecule has 7 heteroatoms. The summed E-state index contributed by atoms with van der Waals surface area (Å²) in [6.07, 6.45) is 0.848. The molecule has 0 bridgehead atoms. The predicted molar refractivity (Wildman–Crippen MR) is 85.0 cm³/mol. The quantitative estimate of drug-likeness (QED) is 0.819. The van der Waals surface area contributed by atoms with Gasteiger partial charge in [0.25, 0.3) is 0 Å². The maximum absolute atomic E-state index is 12.2. The Hall–Kier alpha value is -0.730. The number of sulfonamides is 1. The van der Waals surface area contributed by atoms with Crippen LogP contribution >= 0.6 is 22.7 Å². The van der Waals surface area contributed by atoms with Gasteiger partial charge in [0.05, 0.1) is 0 Å². The van der Waals surface area contributed by atoms with Crippen molar-refractivity contribution in [2.75, 3.05) is 13.6 Å². The van der Waals surface area contributed by atoms with Gasteiger partial charge in [0.1, 0.15) is 4.21 Å². The SMILES string of the molecule is CNCCc1ccc(S(=O)(=O)NCc2sccc2C)s1. The summed E-state index contributed by atoms with van der Waals surface area (Å²) < 4.78 is 27.5. The fraction of sp³-hybridized carbons (Fsp3) is 0.385. The van der Waals surface area contributed by atoms with Crippen LogP contribution in [0.25, 0.3) is 0 Å². The summed E-state index contributed by atoms with van der Waals surface area (Å²) in [4.78, 5) is 2.13. The summed E-state index contributed by atoms with van der Waals surface area (Å²) in [6, 6.07) is 5.56. The van der Waals surface area contributed by atoms with E-state index in [9.17, 15) is 8.42 Å².